The normalized spacial score (nSPS) is 16.3. The fourth-order valence-electron chi connectivity index (χ4n) is 1.51. The maximum atomic E-state index is 13.3. The first-order chi connectivity index (χ1) is 7.11. The van der Waals surface area contributed by atoms with E-state index in [1.807, 2.05) is 0 Å². The van der Waals surface area contributed by atoms with E-state index >= 15 is 0 Å². The van der Waals surface area contributed by atoms with Gasteiger partial charge in [0.05, 0.1) is 5.69 Å². The largest absolute Gasteiger partial charge is 0.274 e. The average molecular weight is 211 g/mol. The molecule has 0 atom stereocenters. The van der Waals surface area contributed by atoms with Crippen LogP contribution in [0.25, 0.3) is 0 Å². The molecule has 1 fully saturated rings. The van der Waals surface area contributed by atoms with E-state index in [0.717, 1.165) is 6.07 Å². The number of nitrogens with zero attached hydrogens (tertiary/aromatic N) is 1. The summed E-state index contributed by atoms with van der Waals surface area (Å²) in [4.78, 5) is 23.2. The van der Waals surface area contributed by atoms with E-state index in [1.54, 1.807) is 0 Å². The van der Waals surface area contributed by atoms with Gasteiger partial charge >= 0.3 is 0 Å². The van der Waals surface area contributed by atoms with Gasteiger partial charge in [0.25, 0.3) is 0 Å². The molecule has 0 aromatic heterocycles. The van der Waals surface area contributed by atoms with Gasteiger partial charge in [-0.1, -0.05) is 6.07 Å². The Balaban J connectivity index is 2.49. The van der Waals surface area contributed by atoms with Gasteiger partial charge in [-0.25, -0.2) is 13.7 Å². The van der Waals surface area contributed by atoms with E-state index < -0.39 is 23.4 Å². The minimum absolute atomic E-state index is 0.0504. The molecule has 1 saturated heterocycles. The molecule has 0 spiro atoms. The second-order valence-corrected chi connectivity index (χ2v) is 3.20. The number of imide groups is 1. The van der Waals surface area contributed by atoms with Crippen LogP contribution < -0.4 is 4.90 Å². The van der Waals surface area contributed by atoms with Gasteiger partial charge in [-0.2, -0.15) is 0 Å². The number of carbonyl (C=O) groups is 2. The fraction of sp³-hybridized carbons (Fsp3) is 0.200. The number of hydrogen-bond donors (Lipinski definition) is 0. The number of rotatable bonds is 1. The Morgan fingerprint density at radius 1 is 1.07 bits per heavy atom. The summed E-state index contributed by atoms with van der Waals surface area (Å²) in [6, 6.07) is 3.40. The minimum Gasteiger partial charge on any atom is -0.274 e. The smallest absolute Gasteiger partial charge is 0.234 e. The highest BCUT2D eigenvalue weighted by Gasteiger charge is 2.32. The molecule has 0 N–H and O–H groups in total. The van der Waals surface area contributed by atoms with E-state index in [4.69, 9.17) is 0 Å². The van der Waals surface area contributed by atoms with E-state index in [0.29, 0.717) is 4.90 Å². The predicted molar refractivity (Wildman–Crippen MR) is 48.1 cm³/mol. The van der Waals surface area contributed by atoms with Crippen LogP contribution in [0, 0.1) is 11.6 Å². The Labute approximate surface area is 84.3 Å². The molecular weight excluding hydrogens is 204 g/mol. The van der Waals surface area contributed by atoms with Gasteiger partial charge in [-0.15, -0.1) is 0 Å². The Bertz CT molecular complexity index is 429. The third-order valence-electron chi connectivity index (χ3n) is 2.22. The van der Waals surface area contributed by atoms with Crippen molar-refractivity contribution >= 4 is 17.5 Å². The number of anilines is 1. The summed E-state index contributed by atoms with van der Waals surface area (Å²) in [5, 5.41) is 0. The zero-order valence-corrected chi connectivity index (χ0v) is 7.67. The molecule has 0 saturated carbocycles. The van der Waals surface area contributed by atoms with Crippen molar-refractivity contribution in [1.29, 1.82) is 0 Å². The van der Waals surface area contributed by atoms with Gasteiger partial charge < -0.3 is 0 Å². The van der Waals surface area contributed by atoms with Gasteiger partial charge in [0.1, 0.15) is 0 Å². The summed E-state index contributed by atoms with van der Waals surface area (Å²) in [5.41, 5.74) is -0.303. The topological polar surface area (TPSA) is 37.4 Å². The molecule has 1 aliphatic heterocycles. The summed E-state index contributed by atoms with van der Waals surface area (Å²) in [7, 11) is 0. The van der Waals surface area contributed by atoms with Crippen molar-refractivity contribution in [3.05, 3.63) is 29.8 Å². The lowest BCUT2D eigenvalue weighted by molar-refractivity contribution is -0.121. The van der Waals surface area contributed by atoms with Crippen LogP contribution in [-0.2, 0) is 9.59 Å². The first-order valence-electron chi connectivity index (χ1n) is 4.41. The lowest BCUT2D eigenvalue weighted by Crippen LogP contribution is -2.29. The van der Waals surface area contributed by atoms with E-state index in [9.17, 15) is 18.4 Å². The molecule has 3 nitrogen and oxygen atoms in total. The molecule has 15 heavy (non-hydrogen) atoms. The van der Waals surface area contributed by atoms with Crippen molar-refractivity contribution in [1.82, 2.24) is 0 Å². The fourth-order valence-corrected chi connectivity index (χ4v) is 1.51. The van der Waals surface area contributed by atoms with Gasteiger partial charge in [0.2, 0.25) is 11.8 Å². The van der Waals surface area contributed by atoms with Crippen molar-refractivity contribution < 1.29 is 18.4 Å². The van der Waals surface area contributed by atoms with Crippen molar-refractivity contribution in [2.75, 3.05) is 4.90 Å². The molecule has 78 valence electrons. The lowest BCUT2D eigenvalue weighted by atomic mass is 10.2. The average Bonchev–Trinajstić information content (AvgIpc) is 2.52. The summed E-state index contributed by atoms with van der Waals surface area (Å²) < 4.78 is 26.1. The van der Waals surface area contributed by atoms with E-state index in [2.05, 4.69) is 0 Å². The van der Waals surface area contributed by atoms with Crippen LogP contribution in [0.3, 0.4) is 0 Å². The Morgan fingerprint density at radius 3 is 2.27 bits per heavy atom. The standard InChI is InChI=1S/C10H7F2NO2/c11-6-2-1-3-7(10(6)12)13-8(14)4-5-9(13)15/h1-3H,4-5H2. The molecule has 0 aliphatic carbocycles. The second-order valence-electron chi connectivity index (χ2n) is 3.20. The number of amides is 2. The van der Waals surface area contributed by atoms with Crippen LogP contribution in [0.1, 0.15) is 12.8 Å². The molecule has 1 aromatic carbocycles. The van der Waals surface area contributed by atoms with Crippen LogP contribution in [-0.4, -0.2) is 11.8 Å². The van der Waals surface area contributed by atoms with Crippen LogP contribution >= 0.6 is 0 Å². The van der Waals surface area contributed by atoms with Gasteiger partial charge in [0.15, 0.2) is 11.6 Å². The van der Waals surface area contributed by atoms with Crippen molar-refractivity contribution in [2.45, 2.75) is 12.8 Å². The minimum atomic E-state index is -1.17. The Kier molecular flexibility index (Phi) is 2.22. The zero-order chi connectivity index (χ0) is 11.0. The maximum absolute atomic E-state index is 13.3. The molecule has 1 aromatic rings. The SMILES string of the molecule is O=C1CCC(=O)N1c1cccc(F)c1F. The number of carbonyl (C=O) groups excluding carboxylic acids is 2. The number of benzene rings is 1. The van der Waals surface area contributed by atoms with Crippen LogP contribution in [0.5, 0.6) is 0 Å². The highest BCUT2D eigenvalue weighted by molar-refractivity contribution is 6.19. The predicted octanol–water partition coefficient (Wildman–Crippen LogP) is 1.62. The molecule has 0 radical (unpaired) electrons. The van der Waals surface area contributed by atoms with Crippen molar-refractivity contribution in [3.63, 3.8) is 0 Å². The first-order valence-corrected chi connectivity index (χ1v) is 4.41. The molecule has 1 aliphatic rings. The zero-order valence-electron chi connectivity index (χ0n) is 7.67. The second kappa shape index (κ2) is 3.42. The number of halogens is 2. The quantitative estimate of drug-likeness (QED) is 0.662. The van der Waals surface area contributed by atoms with E-state index in [1.165, 1.54) is 12.1 Å². The molecule has 2 amide bonds. The number of hydrogen-bond acceptors (Lipinski definition) is 2. The molecular formula is C10H7F2NO2. The van der Waals surface area contributed by atoms with Gasteiger partial charge in [-0.05, 0) is 12.1 Å². The molecule has 2 rings (SSSR count). The molecule has 0 bridgehead atoms. The van der Waals surface area contributed by atoms with Crippen LogP contribution in [0.2, 0.25) is 0 Å². The Hall–Kier alpha value is -1.78. The first kappa shape index (κ1) is 9.76. The summed E-state index contributed by atoms with van der Waals surface area (Å²) in [6.45, 7) is 0. The van der Waals surface area contributed by atoms with Gasteiger partial charge in [-0.3, -0.25) is 9.59 Å². The van der Waals surface area contributed by atoms with Crippen molar-refractivity contribution in [3.8, 4) is 0 Å². The van der Waals surface area contributed by atoms with Crippen LogP contribution in [0.4, 0.5) is 14.5 Å². The molecule has 5 heteroatoms. The van der Waals surface area contributed by atoms with Gasteiger partial charge in [0, 0.05) is 12.8 Å². The summed E-state index contributed by atoms with van der Waals surface area (Å²) >= 11 is 0. The third-order valence-corrected chi connectivity index (χ3v) is 2.22. The maximum Gasteiger partial charge on any atom is 0.234 e. The molecule has 0 unspecified atom stereocenters. The molecule has 1 heterocycles. The summed E-state index contributed by atoms with van der Waals surface area (Å²) in [5.74, 6) is -3.23. The van der Waals surface area contributed by atoms with E-state index in [-0.39, 0.29) is 18.5 Å². The monoisotopic (exact) mass is 211 g/mol. The van der Waals surface area contributed by atoms with Crippen molar-refractivity contribution in [2.24, 2.45) is 0 Å². The third kappa shape index (κ3) is 1.49. The van der Waals surface area contributed by atoms with Crippen LogP contribution in [0.15, 0.2) is 18.2 Å². The summed E-state index contributed by atoms with van der Waals surface area (Å²) in [6.07, 6.45) is 0.101. The Morgan fingerprint density at radius 2 is 1.67 bits per heavy atom. The highest BCUT2D eigenvalue weighted by Crippen LogP contribution is 2.26. The lowest BCUT2D eigenvalue weighted by Gasteiger charge is -2.14. The highest BCUT2D eigenvalue weighted by atomic mass is 19.2.